The van der Waals surface area contributed by atoms with Crippen LogP contribution in [0.25, 0.3) is 0 Å². The Balaban J connectivity index is 1.67. The van der Waals surface area contributed by atoms with Gasteiger partial charge in [-0.3, -0.25) is 14.8 Å². The number of rotatable bonds is 5. The van der Waals surface area contributed by atoms with Crippen LogP contribution in [0.3, 0.4) is 0 Å². The van der Waals surface area contributed by atoms with Crippen molar-refractivity contribution >= 4 is 11.8 Å². The van der Waals surface area contributed by atoms with Crippen molar-refractivity contribution in [3.8, 4) is 0 Å². The highest BCUT2D eigenvalue weighted by atomic mass is 16.6. The molecule has 1 amide bonds. The number of nitrogens with zero attached hydrogens (tertiary/aromatic N) is 4. The lowest BCUT2D eigenvalue weighted by Gasteiger charge is -2.33. The van der Waals surface area contributed by atoms with Gasteiger partial charge in [0.15, 0.2) is 0 Å². The first-order valence-corrected chi connectivity index (χ1v) is 8.39. The van der Waals surface area contributed by atoms with E-state index in [1.54, 1.807) is 9.58 Å². The van der Waals surface area contributed by atoms with Gasteiger partial charge in [0.1, 0.15) is 18.0 Å². The summed E-state index contributed by atoms with van der Waals surface area (Å²) in [5, 5.41) is 14.6. The molecule has 1 aromatic rings. The van der Waals surface area contributed by atoms with Gasteiger partial charge >= 0.3 is 11.8 Å². The Kier molecular flexibility index (Phi) is 5.80. The molecule has 0 aromatic carbocycles. The van der Waals surface area contributed by atoms with E-state index in [1.165, 1.54) is 12.4 Å². The van der Waals surface area contributed by atoms with Crippen molar-refractivity contribution < 1.29 is 14.5 Å². The van der Waals surface area contributed by atoms with Crippen LogP contribution in [-0.2, 0) is 11.3 Å². The summed E-state index contributed by atoms with van der Waals surface area (Å²) in [5.41, 5.74) is -0.430. The Bertz CT molecular complexity index is 571. The van der Waals surface area contributed by atoms with Crippen LogP contribution in [0.4, 0.5) is 10.5 Å². The molecule has 1 aliphatic heterocycles. The van der Waals surface area contributed by atoms with Crippen molar-refractivity contribution in [3.63, 3.8) is 0 Å². The Hall–Kier alpha value is -2.12. The standard InChI is InChI=1S/C16H26N4O4/c1-16(2,3)24-15(21)18-9-6-13(7-10-18)5-4-8-19-12-14(11-17-19)20(22)23/h11-13H,4-10H2,1-3H3. The summed E-state index contributed by atoms with van der Waals surface area (Å²) in [5.74, 6) is 0.578. The van der Waals surface area contributed by atoms with Crippen molar-refractivity contribution in [2.45, 2.75) is 58.6 Å². The molecule has 1 fully saturated rings. The molecule has 0 bridgehead atoms. The third-order valence-electron chi connectivity index (χ3n) is 4.10. The maximum Gasteiger partial charge on any atom is 0.410 e. The first-order chi connectivity index (χ1) is 11.2. The van der Waals surface area contributed by atoms with Gasteiger partial charge in [0, 0.05) is 19.6 Å². The molecule has 2 rings (SSSR count). The quantitative estimate of drug-likeness (QED) is 0.607. The number of carbonyl (C=O) groups excluding carboxylic acids is 1. The van der Waals surface area contributed by atoms with E-state index in [0.717, 1.165) is 38.8 Å². The predicted molar refractivity (Wildman–Crippen MR) is 88.6 cm³/mol. The van der Waals surface area contributed by atoms with E-state index in [-0.39, 0.29) is 11.8 Å². The summed E-state index contributed by atoms with van der Waals surface area (Å²) in [6.45, 7) is 7.76. The molecule has 0 radical (unpaired) electrons. The molecule has 8 heteroatoms. The molecule has 134 valence electrons. The fraction of sp³-hybridized carbons (Fsp3) is 0.750. The second-order valence-electron chi connectivity index (χ2n) is 7.27. The monoisotopic (exact) mass is 338 g/mol. The lowest BCUT2D eigenvalue weighted by Crippen LogP contribution is -2.41. The average Bonchev–Trinajstić information content (AvgIpc) is 2.95. The van der Waals surface area contributed by atoms with Crippen LogP contribution in [0.15, 0.2) is 12.4 Å². The molecule has 0 unspecified atom stereocenters. The minimum Gasteiger partial charge on any atom is -0.444 e. The molecular formula is C16H26N4O4. The van der Waals surface area contributed by atoms with E-state index in [2.05, 4.69) is 5.10 Å². The predicted octanol–water partition coefficient (Wildman–Crippen LogP) is 3.22. The van der Waals surface area contributed by atoms with Gasteiger partial charge in [0.25, 0.3) is 0 Å². The summed E-state index contributed by atoms with van der Waals surface area (Å²) in [4.78, 5) is 24.0. The fourth-order valence-corrected chi connectivity index (χ4v) is 2.84. The number of piperidine rings is 1. The zero-order chi connectivity index (χ0) is 17.7. The number of nitro groups is 1. The summed E-state index contributed by atoms with van der Waals surface area (Å²) in [7, 11) is 0. The summed E-state index contributed by atoms with van der Waals surface area (Å²) >= 11 is 0. The third kappa shape index (κ3) is 5.50. The number of aryl methyl sites for hydroxylation is 1. The summed E-state index contributed by atoms with van der Waals surface area (Å²) < 4.78 is 7.01. The van der Waals surface area contributed by atoms with Crippen LogP contribution in [0.5, 0.6) is 0 Å². The van der Waals surface area contributed by atoms with Gasteiger partial charge in [-0.05, 0) is 52.4 Å². The van der Waals surface area contributed by atoms with Gasteiger partial charge in [0.05, 0.1) is 4.92 Å². The molecule has 24 heavy (non-hydrogen) atoms. The van der Waals surface area contributed by atoms with Crippen LogP contribution in [0.2, 0.25) is 0 Å². The van der Waals surface area contributed by atoms with Gasteiger partial charge in [-0.25, -0.2) is 4.79 Å². The highest BCUT2D eigenvalue weighted by molar-refractivity contribution is 5.68. The van der Waals surface area contributed by atoms with E-state index in [0.29, 0.717) is 12.5 Å². The molecular weight excluding hydrogens is 312 g/mol. The SMILES string of the molecule is CC(C)(C)OC(=O)N1CCC(CCCn2cc([N+](=O)[O-])cn2)CC1. The van der Waals surface area contributed by atoms with Crippen LogP contribution in [0.1, 0.15) is 46.5 Å². The molecule has 8 nitrogen and oxygen atoms in total. The van der Waals surface area contributed by atoms with Crippen LogP contribution in [-0.4, -0.2) is 44.4 Å². The van der Waals surface area contributed by atoms with Gasteiger partial charge in [0.2, 0.25) is 0 Å². The van der Waals surface area contributed by atoms with E-state index >= 15 is 0 Å². The van der Waals surface area contributed by atoms with Gasteiger partial charge in [-0.2, -0.15) is 5.10 Å². The lowest BCUT2D eigenvalue weighted by molar-refractivity contribution is -0.385. The Morgan fingerprint density at radius 3 is 2.62 bits per heavy atom. The first-order valence-electron chi connectivity index (χ1n) is 8.39. The summed E-state index contributed by atoms with van der Waals surface area (Å²) in [6.07, 6.45) is 6.41. The highest BCUT2D eigenvalue weighted by Gasteiger charge is 2.26. The zero-order valence-corrected chi connectivity index (χ0v) is 14.6. The van der Waals surface area contributed by atoms with Crippen molar-refractivity contribution in [1.29, 1.82) is 0 Å². The topological polar surface area (TPSA) is 90.5 Å². The maximum atomic E-state index is 12.0. The molecule has 2 heterocycles. The van der Waals surface area contributed by atoms with Crippen LogP contribution < -0.4 is 0 Å². The molecule has 0 saturated carbocycles. The Morgan fingerprint density at radius 2 is 2.08 bits per heavy atom. The van der Waals surface area contributed by atoms with E-state index in [1.807, 2.05) is 20.8 Å². The normalized spacial score (nSPS) is 16.2. The van der Waals surface area contributed by atoms with Gasteiger partial charge < -0.3 is 9.64 Å². The second kappa shape index (κ2) is 7.63. The molecule has 0 N–H and O–H groups in total. The van der Waals surface area contributed by atoms with Crippen molar-refractivity contribution in [2.24, 2.45) is 5.92 Å². The van der Waals surface area contributed by atoms with Crippen molar-refractivity contribution in [2.75, 3.05) is 13.1 Å². The van der Waals surface area contributed by atoms with Crippen LogP contribution >= 0.6 is 0 Å². The smallest absolute Gasteiger partial charge is 0.410 e. The Labute approximate surface area is 141 Å². The number of likely N-dealkylation sites (tertiary alicyclic amines) is 1. The van der Waals surface area contributed by atoms with E-state index in [4.69, 9.17) is 4.74 Å². The van der Waals surface area contributed by atoms with E-state index < -0.39 is 10.5 Å². The van der Waals surface area contributed by atoms with Crippen molar-refractivity contribution in [1.82, 2.24) is 14.7 Å². The largest absolute Gasteiger partial charge is 0.444 e. The molecule has 1 saturated heterocycles. The minimum absolute atomic E-state index is 0.0284. The number of hydrogen-bond donors (Lipinski definition) is 0. The van der Waals surface area contributed by atoms with Gasteiger partial charge in [-0.1, -0.05) is 0 Å². The third-order valence-corrected chi connectivity index (χ3v) is 4.10. The molecule has 0 spiro atoms. The number of aromatic nitrogens is 2. The lowest BCUT2D eigenvalue weighted by atomic mass is 9.92. The second-order valence-corrected chi connectivity index (χ2v) is 7.27. The molecule has 0 atom stereocenters. The summed E-state index contributed by atoms with van der Waals surface area (Å²) in [6, 6.07) is 0. The minimum atomic E-state index is -0.458. The number of ether oxygens (including phenoxy) is 1. The Morgan fingerprint density at radius 1 is 1.42 bits per heavy atom. The first kappa shape index (κ1) is 18.2. The number of carbonyl (C=O) groups is 1. The molecule has 0 aliphatic carbocycles. The fourth-order valence-electron chi connectivity index (χ4n) is 2.84. The highest BCUT2D eigenvalue weighted by Crippen LogP contribution is 2.23. The molecule has 1 aliphatic rings. The van der Waals surface area contributed by atoms with E-state index in [9.17, 15) is 14.9 Å². The molecule has 1 aromatic heterocycles. The average molecular weight is 338 g/mol. The number of amides is 1. The van der Waals surface area contributed by atoms with Crippen LogP contribution in [0, 0.1) is 16.0 Å². The number of hydrogen-bond acceptors (Lipinski definition) is 5. The zero-order valence-electron chi connectivity index (χ0n) is 14.6. The van der Waals surface area contributed by atoms with Gasteiger partial charge in [-0.15, -0.1) is 0 Å². The maximum absolute atomic E-state index is 12.0. The van der Waals surface area contributed by atoms with Crippen molar-refractivity contribution in [3.05, 3.63) is 22.5 Å².